The average molecular weight is 429 g/mol. The van der Waals surface area contributed by atoms with Crippen molar-refractivity contribution < 1.29 is 14.3 Å². The van der Waals surface area contributed by atoms with Crippen molar-refractivity contribution in [3.8, 4) is 0 Å². The van der Waals surface area contributed by atoms with Gasteiger partial charge in [0.05, 0.1) is 18.3 Å². The van der Waals surface area contributed by atoms with Crippen LogP contribution in [-0.2, 0) is 13.0 Å². The Hall–Kier alpha value is -2.45. The number of nitrogens with one attached hydrogen (secondary N) is 2. The summed E-state index contributed by atoms with van der Waals surface area (Å²) in [4.78, 5) is 23.9. The second-order valence-electron chi connectivity index (χ2n) is 8.38. The second-order valence-corrected chi connectivity index (χ2v) is 9.47. The third kappa shape index (κ3) is 3.70. The minimum Gasteiger partial charge on any atom is -0.393 e. The molecule has 3 heterocycles. The first-order valence-electron chi connectivity index (χ1n) is 10.5. The van der Waals surface area contributed by atoms with Gasteiger partial charge in [-0.15, -0.1) is 0 Å². The lowest BCUT2D eigenvalue weighted by Crippen LogP contribution is -2.35. The monoisotopic (exact) mass is 428 g/mol. The van der Waals surface area contributed by atoms with Crippen molar-refractivity contribution in [2.24, 2.45) is 0 Å². The lowest BCUT2D eigenvalue weighted by Gasteiger charge is -2.25. The van der Waals surface area contributed by atoms with Gasteiger partial charge in [-0.05, 0) is 56.4 Å². The van der Waals surface area contributed by atoms with E-state index in [0.29, 0.717) is 30.3 Å². The summed E-state index contributed by atoms with van der Waals surface area (Å²) < 4.78 is 13.7. The summed E-state index contributed by atoms with van der Waals surface area (Å²) in [6.07, 6.45) is 4.14. The van der Waals surface area contributed by atoms with Crippen molar-refractivity contribution >= 4 is 33.3 Å². The Morgan fingerprint density at radius 1 is 1.30 bits per heavy atom. The number of amides is 1. The Labute approximate surface area is 178 Å². The number of thiazole rings is 1. The summed E-state index contributed by atoms with van der Waals surface area (Å²) in [5.41, 5.74) is 3.02. The molecule has 0 saturated heterocycles. The molecule has 0 unspecified atom stereocenters. The van der Waals surface area contributed by atoms with Crippen molar-refractivity contribution in [1.82, 2.24) is 14.9 Å². The van der Waals surface area contributed by atoms with Crippen LogP contribution in [0, 0.1) is 12.7 Å². The van der Waals surface area contributed by atoms with Crippen LogP contribution in [-0.4, -0.2) is 44.6 Å². The lowest BCUT2D eigenvalue weighted by molar-refractivity contribution is 0.0731. The number of aromatic amines is 1. The van der Waals surface area contributed by atoms with Crippen LogP contribution in [0.15, 0.2) is 18.2 Å². The molecule has 1 aliphatic heterocycles. The highest BCUT2D eigenvalue weighted by atomic mass is 32.1. The van der Waals surface area contributed by atoms with Gasteiger partial charge in [0.2, 0.25) is 0 Å². The first-order valence-corrected chi connectivity index (χ1v) is 11.3. The van der Waals surface area contributed by atoms with E-state index >= 15 is 0 Å². The number of hydrogen-bond donors (Lipinski definition) is 3. The number of benzene rings is 1. The van der Waals surface area contributed by atoms with Crippen molar-refractivity contribution in [2.45, 2.75) is 57.7 Å². The van der Waals surface area contributed by atoms with Crippen LogP contribution in [0.5, 0.6) is 0 Å². The first kappa shape index (κ1) is 19.5. The molecule has 3 aromatic rings. The number of fused-ring (bicyclic) bond motifs is 2. The van der Waals surface area contributed by atoms with Gasteiger partial charge in [0.25, 0.3) is 5.91 Å². The number of aromatic nitrogens is 2. The zero-order valence-electron chi connectivity index (χ0n) is 16.9. The fourth-order valence-electron chi connectivity index (χ4n) is 4.49. The number of hydrogen-bond acceptors (Lipinski definition) is 5. The molecule has 0 radical (unpaired) electrons. The molecule has 1 fully saturated rings. The molecular formula is C22H25FN4O2S. The maximum atomic E-state index is 13.7. The smallest absolute Gasteiger partial charge is 0.270 e. The molecule has 158 valence electrons. The number of rotatable bonds is 3. The third-order valence-electron chi connectivity index (χ3n) is 6.18. The van der Waals surface area contributed by atoms with Crippen molar-refractivity contribution in [3.05, 3.63) is 45.8 Å². The number of carbonyl (C=O) groups is 1. The van der Waals surface area contributed by atoms with E-state index in [4.69, 9.17) is 4.98 Å². The molecule has 1 saturated carbocycles. The fraction of sp³-hybridized carbons (Fsp3) is 0.455. The largest absolute Gasteiger partial charge is 0.393 e. The molecular weight excluding hydrogens is 403 g/mol. The molecule has 6 nitrogen and oxygen atoms in total. The minimum absolute atomic E-state index is 0.0687. The van der Waals surface area contributed by atoms with E-state index in [1.165, 1.54) is 12.1 Å². The highest BCUT2D eigenvalue weighted by molar-refractivity contribution is 7.15. The van der Waals surface area contributed by atoms with E-state index in [1.54, 1.807) is 11.3 Å². The van der Waals surface area contributed by atoms with Gasteiger partial charge in [0.15, 0.2) is 5.13 Å². The van der Waals surface area contributed by atoms with Gasteiger partial charge in [0, 0.05) is 34.8 Å². The fourth-order valence-corrected chi connectivity index (χ4v) is 5.59. The number of H-pyrrole nitrogens is 1. The Morgan fingerprint density at radius 3 is 2.90 bits per heavy atom. The SMILES string of the molecule is Cc1cc(F)cc2[nH]c(C(=O)N3CCc4nc(NC5CCC(O)CC5)sc4C3)cc12. The molecule has 0 atom stereocenters. The number of carbonyl (C=O) groups excluding carboxylic acids is 1. The van der Waals surface area contributed by atoms with Gasteiger partial charge in [-0.2, -0.15) is 0 Å². The van der Waals surface area contributed by atoms with Crippen molar-refractivity contribution in [2.75, 3.05) is 11.9 Å². The van der Waals surface area contributed by atoms with Crippen LogP contribution in [0.25, 0.3) is 10.9 Å². The highest BCUT2D eigenvalue weighted by Gasteiger charge is 2.27. The van der Waals surface area contributed by atoms with Crippen LogP contribution in [0.4, 0.5) is 9.52 Å². The average Bonchev–Trinajstić information content (AvgIpc) is 3.32. The predicted octanol–water partition coefficient (Wildman–Crippen LogP) is 3.99. The van der Waals surface area contributed by atoms with Gasteiger partial charge >= 0.3 is 0 Å². The van der Waals surface area contributed by atoms with Gasteiger partial charge in [0.1, 0.15) is 11.5 Å². The van der Waals surface area contributed by atoms with E-state index in [1.807, 2.05) is 17.9 Å². The summed E-state index contributed by atoms with van der Waals surface area (Å²) in [6.45, 7) is 3.01. The molecule has 2 aliphatic rings. The van der Waals surface area contributed by atoms with Crippen LogP contribution < -0.4 is 5.32 Å². The molecule has 30 heavy (non-hydrogen) atoms. The van der Waals surface area contributed by atoms with Crippen LogP contribution in [0.1, 0.15) is 52.3 Å². The lowest BCUT2D eigenvalue weighted by atomic mass is 9.93. The summed E-state index contributed by atoms with van der Waals surface area (Å²) >= 11 is 1.62. The topological polar surface area (TPSA) is 81.2 Å². The summed E-state index contributed by atoms with van der Waals surface area (Å²) in [6, 6.07) is 5.09. The van der Waals surface area contributed by atoms with E-state index < -0.39 is 0 Å². The Balaban J connectivity index is 1.30. The van der Waals surface area contributed by atoms with E-state index in [9.17, 15) is 14.3 Å². The third-order valence-corrected chi connectivity index (χ3v) is 7.20. The van der Waals surface area contributed by atoms with Crippen LogP contribution >= 0.6 is 11.3 Å². The number of nitrogens with zero attached hydrogens (tertiary/aromatic N) is 2. The van der Waals surface area contributed by atoms with E-state index in [2.05, 4.69) is 10.3 Å². The molecule has 1 amide bonds. The zero-order chi connectivity index (χ0) is 20.8. The van der Waals surface area contributed by atoms with Crippen molar-refractivity contribution in [3.63, 3.8) is 0 Å². The van der Waals surface area contributed by atoms with Gasteiger partial charge < -0.3 is 20.3 Å². The molecule has 0 spiro atoms. The molecule has 1 aromatic carbocycles. The van der Waals surface area contributed by atoms with E-state index in [0.717, 1.165) is 58.8 Å². The zero-order valence-corrected chi connectivity index (χ0v) is 17.7. The van der Waals surface area contributed by atoms with Crippen LogP contribution in [0.3, 0.4) is 0 Å². The summed E-state index contributed by atoms with van der Waals surface area (Å²) in [5, 5.41) is 15.0. The number of halogens is 1. The van der Waals surface area contributed by atoms with E-state index in [-0.39, 0.29) is 17.8 Å². The standard InChI is InChI=1S/C22H25FN4O2S/c1-12-8-13(23)9-18-16(12)10-19(25-18)21(29)27-7-6-17-20(11-27)30-22(26-17)24-14-2-4-15(28)5-3-14/h8-10,14-15,25,28H,2-7,11H2,1H3,(H,24,26). The van der Waals surface area contributed by atoms with Gasteiger partial charge in [-0.1, -0.05) is 11.3 Å². The number of anilines is 1. The maximum Gasteiger partial charge on any atom is 0.270 e. The quantitative estimate of drug-likeness (QED) is 0.589. The predicted molar refractivity (Wildman–Crippen MR) is 115 cm³/mol. The Kier molecular flexibility index (Phi) is 4.99. The summed E-state index contributed by atoms with van der Waals surface area (Å²) in [7, 11) is 0. The Bertz CT molecular complexity index is 1100. The van der Waals surface area contributed by atoms with Crippen LogP contribution in [0.2, 0.25) is 0 Å². The number of aliphatic hydroxyl groups excluding tert-OH is 1. The molecule has 0 bridgehead atoms. The van der Waals surface area contributed by atoms with Crippen molar-refractivity contribution in [1.29, 1.82) is 0 Å². The molecule has 2 aromatic heterocycles. The molecule has 8 heteroatoms. The molecule has 5 rings (SSSR count). The normalized spacial score (nSPS) is 21.6. The first-order chi connectivity index (χ1) is 14.5. The molecule has 1 aliphatic carbocycles. The second kappa shape index (κ2) is 7.67. The Morgan fingerprint density at radius 2 is 2.10 bits per heavy atom. The summed E-state index contributed by atoms with van der Waals surface area (Å²) in [5.74, 6) is -0.374. The minimum atomic E-state index is -0.305. The van der Waals surface area contributed by atoms with Gasteiger partial charge in [-0.3, -0.25) is 4.79 Å². The highest BCUT2D eigenvalue weighted by Crippen LogP contribution is 2.31. The number of aryl methyl sites for hydroxylation is 1. The molecule has 3 N–H and O–H groups in total. The van der Waals surface area contributed by atoms with Gasteiger partial charge in [-0.25, -0.2) is 9.37 Å². The number of aliphatic hydroxyl groups is 1. The maximum absolute atomic E-state index is 13.7.